The molecule has 0 aliphatic heterocycles. The number of H-pyrrole nitrogens is 1. The first-order valence-corrected chi connectivity index (χ1v) is 8.81. The molecule has 0 spiro atoms. The number of ether oxygens (including phenoxy) is 1. The SMILES string of the molecule is O=C(OCc1noc(-c2ccccc2Cl)n1)c1[nH]c2ccccc2c1Br. The predicted octanol–water partition coefficient (Wildman–Crippen LogP) is 4.99. The van der Waals surface area contributed by atoms with E-state index in [1.165, 1.54) is 0 Å². The second-order valence-corrected chi connectivity index (χ2v) is 6.63. The van der Waals surface area contributed by atoms with E-state index in [2.05, 4.69) is 31.1 Å². The van der Waals surface area contributed by atoms with Gasteiger partial charge in [0.1, 0.15) is 5.69 Å². The average molecular weight is 433 g/mol. The number of nitrogens with one attached hydrogen (secondary N) is 1. The zero-order valence-electron chi connectivity index (χ0n) is 13.2. The molecule has 0 saturated heterocycles. The standard InChI is InChI=1S/C18H11BrClN3O3/c19-15-11-6-2-4-8-13(11)21-16(15)18(24)25-9-14-22-17(26-23-14)10-5-1-3-7-12(10)20/h1-8,21H,9H2. The van der Waals surface area contributed by atoms with Gasteiger partial charge >= 0.3 is 5.97 Å². The Morgan fingerprint density at radius 1 is 1.19 bits per heavy atom. The van der Waals surface area contributed by atoms with Gasteiger partial charge in [0.05, 0.1) is 15.1 Å². The maximum Gasteiger partial charge on any atom is 0.356 e. The normalized spacial score (nSPS) is 11.0. The number of nitrogens with zero attached hydrogens (tertiary/aromatic N) is 2. The van der Waals surface area contributed by atoms with Crippen molar-refractivity contribution in [2.75, 3.05) is 0 Å². The smallest absolute Gasteiger partial charge is 0.356 e. The lowest BCUT2D eigenvalue weighted by Crippen LogP contribution is -2.07. The van der Waals surface area contributed by atoms with Crippen molar-refractivity contribution in [3.63, 3.8) is 0 Å². The summed E-state index contributed by atoms with van der Waals surface area (Å²) in [5.41, 5.74) is 1.80. The van der Waals surface area contributed by atoms with Crippen molar-refractivity contribution in [1.82, 2.24) is 15.1 Å². The lowest BCUT2D eigenvalue weighted by Gasteiger charge is -2.00. The van der Waals surface area contributed by atoms with Crippen LogP contribution < -0.4 is 0 Å². The Labute approximate surface area is 161 Å². The molecule has 0 bridgehead atoms. The number of para-hydroxylation sites is 1. The first kappa shape index (κ1) is 16.8. The van der Waals surface area contributed by atoms with Crippen LogP contribution in [0.5, 0.6) is 0 Å². The minimum Gasteiger partial charge on any atom is -0.453 e. The van der Waals surface area contributed by atoms with Gasteiger partial charge < -0.3 is 14.2 Å². The first-order valence-electron chi connectivity index (χ1n) is 7.64. The molecule has 0 fully saturated rings. The van der Waals surface area contributed by atoms with Crippen molar-refractivity contribution < 1.29 is 14.1 Å². The van der Waals surface area contributed by atoms with Gasteiger partial charge in [0.2, 0.25) is 5.82 Å². The lowest BCUT2D eigenvalue weighted by molar-refractivity contribution is 0.0452. The van der Waals surface area contributed by atoms with Gasteiger partial charge in [0, 0.05) is 10.9 Å². The highest BCUT2D eigenvalue weighted by Crippen LogP contribution is 2.29. The van der Waals surface area contributed by atoms with E-state index in [-0.39, 0.29) is 18.3 Å². The van der Waals surface area contributed by atoms with Crippen LogP contribution in [0.4, 0.5) is 0 Å². The van der Waals surface area contributed by atoms with E-state index in [4.69, 9.17) is 20.9 Å². The van der Waals surface area contributed by atoms with Crippen molar-refractivity contribution in [3.05, 3.63) is 69.5 Å². The van der Waals surface area contributed by atoms with Gasteiger partial charge in [-0.05, 0) is 34.1 Å². The summed E-state index contributed by atoms with van der Waals surface area (Å²) in [5, 5.41) is 5.22. The molecule has 6 nitrogen and oxygen atoms in total. The molecular formula is C18H11BrClN3O3. The van der Waals surface area contributed by atoms with E-state index in [0.717, 1.165) is 10.9 Å². The number of hydrogen-bond acceptors (Lipinski definition) is 5. The fourth-order valence-corrected chi connectivity index (χ4v) is 3.33. The maximum atomic E-state index is 12.3. The highest BCUT2D eigenvalue weighted by Gasteiger charge is 2.19. The number of carbonyl (C=O) groups is 1. The molecule has 2 aromatic heterocycles. The van der Waals surface area contributed by atoms with Crippen molar-refractivity contribution in [1.29, 1.82) is 0 Å². The molecule has 4 rings (SSSR count). The van der Waals surface area contributed by atoms with Gasteiger partial charge in [-0.25, -0.2) is 4.79 Å². The van der Waals surface area contributed by atoms with Crippen LogP contribution in [0, 0.1) is 0 Å². The third-order valence-electron chi connectivity index (χ3n) is 3.75. The lowest BCUT2D eigenvalue weighted by atomic mass is 10.2. The number of rotatable bonds is 4. The Bertz CT molecular complexity index is 1110. The summed E-state index contributed by atoms with van der Waals surface area (Å²) in [6.07, 6.45) is 0. The highest BCUT2D eigenvalue weighted by atomic mass is 79.9. The van der Waals surface area contributed by atoms with E-state index >= 15 is 0 Å². The van der Waals surface area contributed by atoms with E-state index < -0.39 is 5.97 Å². The molecule has 0 unspecified atom stereocenters. The number of carbonyl (C=O) groups excluding carboxylic acids is 1. The van der Waals surface area contributed by atoms with Crippen molar-refractivity contribution in [3.8, 4) is 11.5 Å². The van der Waals surface area contributed by atoms with Crippen LogP contribution in [0.2, 0.25) is 5.02 Å². The van der Waals surface area contributed by atoms with Crippen molar-refractivity contribution >= 4 is 44.4 Å². The number of benzene rings is 2. The monoisotopic (exact) mass is 431 g/mol. The first-order chi connectivity index (χ1) is 12.6. The minimum absolute atomic E-state index is 0.116. The summed E-state index contributed by atoms with van der Waals surface area (Å²) in [6.45, 7) is -0.116. The highest BCUT2D eigenvalue weighted by molar-refractivity contribution is 9.10. The number of aromatic amines is 1. The molecule has 2 heterocycles. The predicted molar refractivity (Wildman–Crippen MR) is 99.9 cm³/mol. The molecule has 0 aliphatic rings. The third kappa shape index (κ3) is 3.11. The molecule has 4 aromatic rings. The van der Waals surface area contributed by atoms with E-state index in [9.17, 15) is 4.79 Å². The molecule has 0 amide bonds. The molecule has 1 N–H and O–H groups in total. The molecule has 0 saturated carbocycles. The zero-order valence-corrected chi connectivity index (χ0v) is 15.5. The quantitative estimate of drug-likeness (QED) is 0.459. The largest absolute Gasteiger partial charge is 0.453 e. The third-order valence-corrected chi connectivity index (χ3v) is 4.90. The molecule has 8 heteroatoms. The van der Waals surface area contributed by atoms with Crippen molar-refractivity contribution in [2.45, 2.75) is 6.61 Å². The molecule has 0 atom stereocenters. The van der Waals surface area contributed by atoms with Crippen LogP contribution in [0.25, 0.3) is 22.4 Å². The Kier molecular flexibility index (Phi) is 4.48. The van der Waals surface area contributed by atoms with Crippen LogP contribution in [0.15, 0.2) is 57.5 Å². The Morgan fingerprint density at radius 2 is 1.96 bits per heavy atom. The zero-order chi connectivity index (χ0) is 18.1. The molecule has 130 valence electrons. The summed E-state index contributed by atoms with van der Waals surface area (Å²) in [7, 11) is 0. The van der Waals surface area contributed by atoms with Gasteiger partial charge in [-0.15, -0.1) is 0 Å². The van der Waals surface area contributed by atoms with Gasteiger partial charge in [0.25, 0.3) is 5.89 Å². The van der Waals surface area contributed by atoms with Gasteiger partial charge in [-0.2, -0.15) is 4.98 Å². The molecule has 0 aliphatic carbocycles. The summed E-state index contributed by atoms with van der Waals surface area (Å²) < 4.78 is 11.1. The fourth-order valence-electron chi connectivity index (χ4n) is 2.51. The number of esters is 1. The second-order valence-electron chi connectivity index (χ2n) is 5.43. The van der Waals surface area contributed by atoms with Crippen LogP contribution in [0.1, 0.15) is 16.3 Å². The second kappa shape index (κ2) is 6.93. The maximum absolute atomic E-state index is 12.3. The Morgan fingerprint density at radius 3 is 2.77 bits per heavy atom. The van der Waals surface area contributed by atoms with Crippen molar-refractivity contribution in [2.24, 2.45) is 0 Å². The van der Waals surface area contributed by atoms with Gasteiger partial charge in [-0.1, -0.05) is 47.1 Å². The van der Waals surface area contributed by atoms with Crippen LogP contribution in [-0.4, -0.2) is 21.1 Å². The summed E-state index contributed by atoms with van der Waals surface area (Å²) >= 11 is 9.53. The van der Waals surface area contributed by atoms with Crippen LogP contribution in [0.3, 0.4) is 0 Å². The number of hydrogen-bond donors (Lipinski definition) is 1. The minimum atomic E-state index is -0.517. The van der Waals surface area contributed by atoms with Gasteiger partial charge in [-0.3, -0.25) is 0 Å². The Hall–Kier alpha value is -2.64. The number of fused-ring (bicyclic) bond motifs is 1. The molecular weight excluding hydrogens is 422 g/mol. The van der Waals surface area contributed by atoms with Gasteiger partial charge in [0.15, 0.2) is 6.61 Å². The molecule has 26 heavy (non-hydrogen) atoms. The Balaban J connectivity index is 1.50. The summed E-state index contributed by atoms with van der Waals surface area (Å²) in [5.74, 6) is 0.00566. The summed E-state index contributed by atoms with van der Waals surface area (Å²) in [4.78, 5) is 19.6. The van der Waals surface area contributed by atoms with Crippen LogP contribution >= 0.6 is 27.5 Å². The molecule has 2 aromatic carbocycles. The topological polar surface area (TPSA) is 81.0 Å². The van der Waals surface area contributed by atoms with E-state index in [1.807, 2.05) is 36.4 Å². The fraction of sp³-hybridized carbons (Fsp3) is 0.0556. The average Bonchev–Trinajstić information content (AvgIpc) is 3.25. The molecule has 0 radical (unpaired) electrons. The number of halogens is 2. The van der Waals surface area contributed by atoms with E-state index in [1.54, 1.807) is 12.1 Å². The summed E-state index contributed by atoms with van der Waals surface area (Å²) in [6, 6.07) is 14.7. The number of aromatic nitrogens is 3. The van der Waals surface area contributed by atoms with E-state index in [0.29, 0.717) is 20.8 Å². The van der Waals surface area contributed by atoms with Crippen LogP contribution in [-0.2, 0) is 11.3 Å².